The van der Waals surface area contributed by atoms with Gasteiger partial charge in [0.25, 0.3) is 5.91 Å². The molecule has 7 heteroatoms. The maximum absolute atomic E-state index is 13.3. The maximum Gasteiger partial charge on any atom is 0.338 e. The lowest BCUT2D eigenvalue weighted by molar-refractivity contribution is 0.0691. The number of rotatable bonds is 3. The average molecular weight is 373 g/mol. The smallest absolute Gasteiger partial charge is 0.338 e. The van der Waals surface area contributed by atoms with Crippen LogP contribution in [0.25, 0.3) is 0 Å². The van der Waals surface area contributed by atoms with Crippen molar-refractivity contribution in [2.24, 2.45) is 0 Å². The van der Waals surface area contributed by atoms with E-state index in [4.69, 9.17) is 16.7 Å². The summed E-state index contributed by atoms with van der Waals surface area (Å²) in [7, 11) is 0. The van der Waals surface area contributed by atoms with Crippen molar-refractivity contribution in [2.75, 3.05) is 5.32 Å². The third-order valence-electron chi connectivity index (χ3n) is 2.63. The van der Waals surface area contributed by atoms with Gasteiger partial charge in [-0.15, -0.1) is 0 Å². The minimum Gasteiger partial charge on any atom is -0.478 e. The molecule has 108 valence electrons. The maximum atomic E-state index is 13.3. The van der Waals surface area contributed by atoms with Crippen molar-refractivity contribution < 1.29 is 19.1 Å². The molecular formula is C14H8BrClFNO3. The Kier molecular flexibility index (Phi) is 4.59. The molecule has 2 rings (SSSR count). The monoisotopic (exact) mass is 371 g/mol. The molecular weight excluding hydrogens is 365 g/mol. The Hall–Kier alpha value is -1.92. The molecule has 0 aliphatic heterocycles. The largest absolute Gasteiger partial charge is 0.478 e. The molecule has 0 atom stereocenters. The topological polar surface area (TPSA) is 66.4 Å². The van der Waals surface area contributed by atoms with Crippen molar-refractivity contribution in [3.05, 3.63) is 62.8 Å². The zero-order chi connectivity index (χ0) is 15.6. The van der Waals surface area contributed by atoms with Crippen LogP contribution < -0.4 is 5.32 Å². The van der Waals surface area contributed by atoms with E-state index in [9.17, 15) is 14.0 Å². The van der Waals surface area contributed by atoms with Gasteiger partial charge in [0.1, 0.15) is 5.82 Å². The predicted molar refractivity (Wildman–Crippen MR) is 80.5 cm³/mol. The molecule has 2 aromatic carbocycles. The van der Waals surface area contributed by atoms with Gasteiger partial charge in [-0.1, -0.05) is 11.6 Å². The van der Waals surface area contributed by atoms with Crippen molar-refractivity contribution in [1.29, 1.82) is 0 Å². The highest BCUT2D eigenvalue weighted by Gasteiger charge is 2.14. The van der Waals surface area contributed by atoms with E-state index in [0.29, 0.717) is 15.1 Å². The number of halogens is 3. The van der Waals surface area contributed by atoms with Gasteiger partial charge in [0, 0.05) is 15.2 Å². The van der Waals surface area contributed by atoms with Crippen LogP contribution >= 0.6 is 27.5 Å². The van der Waals surface area contributed by atoms with Gasteiger partial charge in [0.2, 0.25) is 0 Å². The summed E-state index contributed by atoms with van der Waals surface area (Å²) in [5.74, 6) is -2.74. The second-order valence-corrected chi connectivity index (χ2v) is 5.37. The Bertz CT molecular complexity index is 736. The first-order valence-corrected chi connectivity index (χ1v) is 6.85. The quantitative estimate of drug-likeness (QED) is 0.849. The first kappa shape index (κ1) is 15.5. The molecule has 0 unspecified atom stereocenters. The Morgan fingerprint density at radius 3 is 2.48 bits per heavy atom. The lowest BCUT2D eigenvalue weighted by atomic mass is 10.1. The Morgan fingerprint density at radius 1 is 1.14 bits per heavy atom. The molecule has 1 amide bonds. The van der Waals surface area contributed by atoms with Crippen molar-refractivity contribution in [1.82, 2.24) is 0 Å². The molecule has 0 aliphatic rings. The van der Waals surface area contributed by atoms with Crippen molar-refractivity contribution >= 4 is 45.1 Å². The van der Waals surface area contributed by atoms with Crippen LogP contribution in [0.2, 0.25) is 5.02 Å². The average Bonchev–Trinajstić information content (AvgIpc) is 2.40. The van der Waals surface area contributed by atoms with Crippen LogP contribution in [0.1, 0.15) is 20.7 Å². The van der Waals surface area contributed by atoms with Crippen LogP contribution in [0.4, 0.5) is 10.1 Å². The standard InChI is InChI=1S/C14H8BrClFNO3/c15-11-5-7(16)1-3-9(11)13(19)18-8-2-4-12(17)10(6-8)14(20)21/h1-6H,(H,18,19)(H,20,21). The molecule has 0 saturated heterocycles. The summed E-state index contributed by atoms with van der Waals surface area (Å²) < 4.78 is 13.8. The minimum atomic E-state index is -1.41. The Morgan fingerprint density at radius 2 is 1.86 bits per heavy atom. The normalized spacial score (nSPS) is 10.2. The van der Waals surface area contributed by atoms with Gasteiger partial charge >= 0.3 is 5.97 Å². The van der Waals surface area contributed by atoms with E-state index in [2.05, 4.69) is 21.2 Å². The van der Waals surface area contributed by atoms with Gasteiger partial charge < -0.3 is 10.4 Å². The molecule has 0 bridgehead atoms. The highest BCUT2D eigenvalue weighted by molar-refractivity contribution is 9.10. The number of hydrogen-bond acceptors (Lipinski definition) is 2. The molecule has 21 heavy (non-hydrogen) atoms. The fourth-order valence-corrected chi connectivity index (χ4v) is 2.50. The van der Waals surface area contributed by atoms with E-state index in [0.717, 1.165) is 12.1 Å². The molecule has 0 saturated carbocycles. The van der Waals surface area contributed by atoms with Gasteiger partial charge in [-0.25, -0.2) is 9.18 Å². The summed E-state index contributed by atoms with van der Waals surface area (Å²) in [6, 6.07) is 7.95. The molecule has 0 radical (unpaired) electrons. The predicted octanol–water partition coefficient (Wildman–Crippen LogP) is 4.19. The van der Waals surface area contributed by atoms with Crippen LogP contribution in [0.15, 0.2) is 40.9 Å². The summed E-state index contributed by atoms with van der Waals surface area (Å²) in [6.45, 7) is 0. The lowest BCUT2D eigenvalue weighted by Gasteiger charge is -2.08. The van der Waals surface area contributed by atoms with Crippen molar-refractivity contribution in [3.8, 4) is 0 Å². The zero-order valence-electron chi connectivity index (χ0n) is 10.4. The first-order valence-electron chi connectivity index (χ1n) is 5.67. The summed E-state index contributed by atoms with van der Waals surface area (Å²) in [4.78, 5) is 22.9. The third kappa shape index (κ3) is 3.59. The van der Waals surface area contributed by atoms with Crippen molar-refractivity contribution in [3.63, 3.8) is 0 Å². The van der Waals surface area contributed by atoms with Crippen LogP contribution in [0.3, 0.4) is 0 Å². The van der Waals surface area contributed by atoms with E-state index in [1.807, 2.05) is 0 Å². The first-order chi connectivity index (χ1) is 9.88. The van der Waals surface area contributed by atoms with E-state index < -0.39 is 23.3 Å². The molecule has 2 N–H and O–H groups in total. The van der Waals surface area contributed by atoms with E-state index in [1.54, 1.807) is 12.1 Å². The Balaban J connectivity index is 2.27. The summed E-state index contributed by atoms with van der Waals surface area (Å²) >= 11 is 9.00. The second kappa shape index (κ2) is 6.24. The number of amides is 1. The summed E-state index contributed by atoms with van der Waals surface area (Å²) in [5, 5.41) is 11.8. The molecule has 0 aliphatic carbocycles. The molecule has 2 aromatic rings. The number of aromatic carboxylic acids is 1. The highest BCUT2D eigenvalue weighted by Crippen LogP contribution is 2.23. The molecule has 0 heterocycles. The zero-order valence-corrected chi connectivity index (χ0v) is 12.7. The van der Waals surface area contributed by atoms with E-state index in [1.165, 1.54) is 12.1 Å². The van der Waals surface area contributed by atoms with Gasteiger partial charge in [0.05, 0.1) is 11.1 Å². The van der Waals surface area contributed by atoms with Gasteiger partial charge in [0.15, 0.2) is 0 Å². The SMILES string of the molecule is O=C(O)c1cc(NC(=O)c2ccc(Cl)cc2Br)ccc1F. The second-order valence-electron chi connectivity index (χ2n) is 4.08. The summed E-state index contributed by atoms with van der Waals surface area (Å²) in [5.41, 5.74) is -0.00998. The van der Waals surface area contributed by atoms with Gasteiger partial charge in [-0.05, 0) is 52.3 Å². The highest BCUT2D eigenvalue weighted by atomic mass is 79.9. The van der Waals surface area contributed by atoms with E-state index >= 15 is 0 Å². The molecule has 0 spiro atoms. The van der Waals surface area contributed by atoms with Gasteiger partial charge in [-0.2, -0.15) is 0 Å². The number of nitrogens with one attached hydrogen (secondary N) is 1. The molecule has 4 nitrogen and oxygen atoms in total. The van der Waals surface area contributed by atoms with Crippen LogP contribution in [-0.4, -0.2) is 17.0 Å². The Labute approximate surface area is 132 Å². The van der Waals surface area contributed by atoms with Gasteiger partial charge in [-0.3, -0.25) is 4.79 Å². The van der Waals surface area contributed by atoms with Crippen LogP contribution in [-0.2, 0) is 0 Å². The fraction of sp³-hybridized carbons (Fsp3) is 0. The van der Waals surface area contributed by atoms with Crippen LogP contribution in [0.5, 0.6) is 0 Å². The van der Waals surface area contributed by atoms with Crippen molar-refractivity contribution in [2.45, 2.75) is 0 Å². The number of carboxylic acids is 1. The number of anilines is 1. The lowest BCUT2D eigenvalue weighted by Crippen LogP contribution is -2.13. The number of hydrogen-bond donors (Lipinski definition) is 2. The van der Waals surface area contributed by atoms with E-state index in [-0.39, 0.29) is 5.69 Å². The number of carboxylic acid groups (broad SMARTS) is 1. The number of carbonyl (C=O) groups is 2. The number of benzene rings is 2. The third-order valence-corrected chi connectivity index (χ3v) is 3.52. The summed E-state index contributed by atoms with van der Waals surface area (Å²) in [6.07, 6.45) is 0. The minimum absolute atomic E-state index is 0.181. The molecule has 0 aromatic heterocycles. The molecule has 0 fully saturated rings. The number of carbonyl (C=O) groups excluding carboxylic acids is 1. The van der Waals surface area contributed by atoms with Crippen LogP contribution in [0, 0.1) is 5.82 Å². The fourth-order valence-electron chi connectivity index (χ4n) is 1.64.